The van der Waals surface area contributed by atoms with E-state index in [0.29, 0.717) is 0 Å². The summed E-state index contributed by atoms with van der Waals surface area (Å²) < 4.78 is 38.0. The van der Waals surface area contributed by atoms with Gasteiger partial charge in [0, 0.05) is 11.8 Å². The highest BCUT2D eigenvalue weighted by atomic mass is 35.5. The van der Waals surface area contributed by atoms with Crippen LogP contribution in [-0.4, -0.2) is 10.1 Å². The van der Waals surface area contributed by atoms with Crippen LogP contribution in [0.15, 0.2) is 6.20 Å². The van der Waals surface area contributed by atoms with Crippen LogP contribution < -0.4 is 0 Å². The normalized spacial score (nSPS) is 11.0. The second kappa shape index (κ2) is 4.61. The lowest BCUT2D eigenvalue weighted by Crippen LogP contribution is -2.04. The van der Waals surface area contributed by atoms with Gasteiger partial charge in [-0.25, -0.2) is 13.2 Å². The Morgan fingerprint density at radius 1 is 1.50 bits per heavy atom. The van der Waals surface area contributed by atoms with Gasteiger partial charge in [-0.15, -0.1) is 11.6 Å². The molecule has 2 nitrogen and oxygen atoms in total. The molecule has 0 aliphatic carbocycles. The van der Waals surface area contributed by atoms with E-state index in [0.717, 1.165) is 6.20 Å². The highest BCUT2D eigenvalue weighted by Gasteiger charge is 2.21. The molecule has 1 aromatic heterocycles. The number of rotatable bonds is 3. The van der Waals surface area contributed by atoms with Crippen LogP contribution in [0, 0.1) is 5.82 Å². The molecule has 0 aliphatic heterocycles. The van der Waals surface area contributed by atoms with Crippen LogP contribution in [0.3, 0.4) is 0 Å². The van der Waals surface area contributed by atoms with Gasteiger partial charge in [0.1, 0.15) is 0 Å². The predicted octanol–water partition coefficient (Wildman–Crippen LogP) is 2.39. The molecule has 0 atom stereocenters. The molecule has 0 aliphatic rings. The van der Waals surface area contributed by atoms with Crippen LogP contribution in [0.5, 0.6) is 0 Å². The minimum absolute atomic E-state index is 0.216. The van der Waals surface area contributed by atoms with Gasteiger partial charge >= 0.3 is 0 Å². The highest BCUT2D eigenvalue weighted by molar-refractivity contribution is 6.16. The van der Waals surface area contributed by atoms with Gasteiger partial charge in [0.25, 0.3) is 6.43 Å². The molecule has 1 rings (SSSR count). The predicted molar refractivity (Wildman–Crippen MR) is 44.6 cm³/mol. The van der Waals surface area contributed by atoms with Crippen molar-refractivity contribution in [2.24, 2.45) is 0 Å². The van der Waals surface area contributed by atoms with Crippen LogP contribution in [0.4, 0.5) is 13.2 Å². The van der Waals surface area contributed by atoms with Crippen LogP contribution >= 0.6 is 11.6 Å². The number of hydrogen-bond donors (Lipinski definition) is 1. The quantitative estimate of drug-likeness (QED) is 0.802. The number of halogens is 4. The van der Waals surface area contributed by atoms with Gasteiger partial charge in [0.15, 0.2) is 5.82 Å². The standard InChI is InChI=1S/C8H7ClF3NO/c9-1-5-7(10)6(8(11)12)4(3-14)2-13-5/h2,8,14H,1,3H2. The molecular formula is C8H7ClF3NO. The number of nitrogens with zero attached hydrogens (tertiary/aromatic N) is 1. The van der Waals surface area contributed by atoms with Gasteiger partial charge in [-0.2, -0.15) is 0 Å². The molecule has 0 saturated carbocycles. The number of hydrogen-bond acceptors (Lipinski definition) is 2. The lowest BCUT2D eigenvalue weighted by Gasteiger charge is -2.09. The SMILES string of the molecule is OCc1cnc(CCl)c(F)c1C(F)F. The Hall–Kier alpha value is -0.810. The van der Waals surface area contributed by atoms with E-state index in [-0.39, 0.29) is 17.1 Å². The van der Waals surface area contributed by atoms with Gasteiger partial charge < -0.3 is 5.11 Å². The Morgan fingerprint density at radius 3 is 2.57 bits per heavy atom. The summed E-state index contributed by atoms with van der Waals surface area (Å²) in [5.41, 5.74) is -1.27. The van der Waals surface area contributed by atoms with E-state index in [4.69, 9.17) is 16.7 Å². The number of aliphatic hydroxyl groups excluding tert-OH is 1. The van der Waals surface area contributed by atoms with E-state index in [2.05, 4.69) is 4.98 Å². The van der Waals surface area contributed by atoms with Crippen molar-refractivity contribution >= 4 is 11.6 Å². The molecule has 6 heteroatoms. The zero-order chi connectivity index (χ0) is 10.7. The van der Waals surface area contributed by atoms with Crippen molar-refractivity contribution < 1.29 is 18.3 Å². The zero-order valence-electron chi connectivity index (χ0n) is 6.98. The third-order valence-corrected chi connectivity index (χ3v) is 1.98. The maximum absolute atomic E-state index is 13.2. The van der Waals surface area contributed by atoms with E-state index in [1.807, 2.05) is 0 Å². The van der Waals surface area contributed by atoms with Crippen molar-refractivity contribution in [2.75, 3.05) is 0 Å². The summed E-state index contributed by atoms with van der Waals surface area (Å²) in [5, 5.41) is 8.68. The first-order valence-electron chi connectivity index (χ1n) is 3.73. The van der Waals surface area contributed by atoms with Gasteiger partial charge in [-0.3, -0.25) is 4.98 Å². The molecule has 14 heavy (non-hydrogen) atoms. The molecule has 1 N–H and O–H groups in total. The van der Waals surface area contributed by atoms with Gasteiger partial charge in [-0.05, 0) is 0 Å². The van der Waals surface area contributed by atoms with Gasteiger partial charge in [-0.1, -0.05) is 0 Å². The summed E-state index contributed by atoms with van der Waals surface area (Å²) in [7, 11) is 0. The average Bonchev–Trinajstić information content (AvgIpc) is 2.16. The fourth-order valence-electron chi connectivity index (χ4n) is 1.03. The van der Waals surface area contributed by atoms with Crippen molar-refractivity contribution in [2.45, 2.75) is 18.9 Å². The molecule has 78 valence electrons. The molecule has 0 spiro atoms. The van der Waals surface area contributed by atoms with Crippen LogP contribution in [-0.2, 0) is 12.5 Å². The maximum Gasteiger partial charge on any atom is 0.267 e. The first-order valence-corrected chi connectivity index (χ1v) is 4.26. The third-order valence-electron chi connectivity index (χ3n) is 1.73. The summed E-state index contributed by atoms with van der Waals surface area (Å²) >= 11 is 5.29. The van der Waals surface area contributed by atoms with Gasteiger partial charge in [0.2, 0.25) is 0 Å². The first kappa shape index (κ1) is 11.3. The topological polar surface area (TPSA) is 33.1 Å². The molecule has 0 bridgehead atoms. The molecule has 1 heterocycles. The number of alkyl halides is 3. The van der Waals surface area contributed by atoms with E-state index in [1.165, 1.54) is 0 Å². The van der Waals surface area contributed by atoms with E-state index in [1.54, 1.807) is 0 Å². The van der Waals surface area contributed by atoms with Gasteiger partial charge in [0.05, 0.1) is 23.7 Å². The molecule has 0 aromatic carbocycles. The minimum atomic E-state index is -2.98. The molecule has 1 aromatic rings. The Bertz CT molecular complexity index is 333. The fraction of sp³-hybridized carbons (Fsp3) is 0.375. The van der Waals surface area contributed by atoms with Crippen molar-refractivity contribution in [3.63, 3.8) is 0 Å². The lowest BCUT2D eigenvalue weighted by molar-refractivity contribution is 0.141. The van der Waals surface area contributed by atoms with Crippen LogP contribution in [0.2, 0.25) is 0 Å². The summed E-state index contributed by atoms with van der Waals surface area (Å²) in [5.74, 6) is -1.42. The Labute approximate surface area is 83.3 Å². The van der Waals surface area contributed by atoms with E-state index < -0.39 is 24.4 Å². The largest absolute Gasteiger partial charge is 0.392 e. The highest BCUT2D eigenvalue weighted by Crippen LogP contribution is 2.27. The number of aromatic nitrogens is 1. The lowest BCUT2D eigenvalue weighted by atomic mass is 10.1. The summed E-state index contributed by atoms with van der Waals surface area (Å²) in [6.07, 6.45) is -1.98. The number of aliphatic hydroxyl groups is 1. The molecule has 0 radical (unpaired) electrons. The van der Waals surface area contributed by atoms with Crippen molar-refractivity contribution in [3.8, 4) is 0 Å². The van der Waals surface area contributed by atoms with Crippen molar-refractivity contribution in [3.05, 3.63) is 28.8 Å². The second-order valence-electron chi connectivity index (χ2n) is 2.55. The summed E-state index contributed by atoms with van der Waals surface area (Å²) in [6.45, 7) is -0.674. The van der Waals surface area contributed by atoms with Crippen LogP contribution in [0.25, 0.3) is 0 Å². The summed E-state index contributed by atoms with van der Waals surface area (Å²) in [4.78, 5) is 3.51. The zero-order valence-corrected chi connectivity index (χ0v) is 7.73. The molecule has 0 fully saturated rings. The molecular weight excluding hydrogens is 219 g/mol. The molecule has 0 unspecified atom stereocenters. The Morgan fingerprint density at radius 2 is 2.14 bits per heavy atom. The van der Waals surface area contributed by atoms with Crippen molar-refractivity contribution in [1.29, 1.82) is 0 Å². The second-order valence-corrected chi connectivity index (χ2v) is 2.82. The minimum Gasteiger partial charge on any atom is -0.392 e. The summed E-state index contributed by atoms with van der Waals surface area (Å²) in [6, 6.07) is 0. The first-order chi connectivity index (χ1) is 6.61. The molecule has 0 amide bonds. The Balaban J connectivity index is 3.31. The number of pyridine rings is 1. The van der Waals surface area contributed by atoms with E-state index in [9.17, 15) is 13.2 Å². The maximum atomic E-state index is 13.2. The smallest absolute Gasteiger partial charge is 0.267 e. The van der Waals surface area contributed by atoms with Crippen molar-refractivity contribution in [1.82, 2.24) is 4.98 Å². The van der Waals surface area contributed by atoms with E-state index >= 15 is 0 Å². The third kappa shape index (κ3) is 1.99. The average molecular weight is 226 g/mol. The Kier molecular flexibility index (Phi) is 3.71. The van der Waals surface area contributed by atoms with Crippen LogP contribution in [0.1, 0.15) is 23.2 Å². The fourth-order valence-corrected chi connectivity index (χ4v) is 1.22. The monoisotopic (exact) mass is 225 g/mol. The molecule has 0 saturated heterocycles.